The molecule has 2 aromatic carbocycles. The van der Waals surface area contributed by atoms with Gasteiger partial charge in [0.05, 0.1) is 28.4 Å². The molecule has 0 aliphatic rings. The van der Waals surface area contributed by atoms with Crippen molar-refractivity contribution in [1.82, 2.24) is 0 Å². The van der Waals surface area contributed by atoms with Gasteiger partial charge in [-0.2, -0.15) is 0 Å². The van der Waals surface area contributed by atoms with Crippen molar-refractivity contribution in [3.05, 3.63) is 55.5 Å². The van der Waals surface area contributed by atoms with Crippen LogP contribution in [0.15, 0.2) is 29.4 Å². The van der Waals surface area contributed by atoms with Crippen LogP contribution in [0.2, 0.25) is 20.1 Å². The average Bonchev–Trinajstić information content (AvgIpc) is 2.52. The van der Waals surface area contributed by atoms with Gasteiger partial charge in [0.2, 0.25) is 0 Å². The molecular weight excluding hydrogens is 384 g/mol. The van der Waals surface area contributed by atoms with Crippen molar-refractivity contribution in [2.45, 2.75) is 6.61 Å². The molecule has 0 radical (unpaired) electrons. The van der Waals surface area contributed by atoms with E-state index in [1.54, 1.807) is 24.3 Å². The SMILES string of the molecule is COc1cc(C=NO)cc(Cl)c1OCc1c(Cl)ccc(Cl)c1Cl. The van der Waals surface area contributed by atoms with Crippen molar-refractivity contribution in [1.29, 1.82) is 0 Å². The monoisotopic (exact) mass is 393 g/mol. The molecule has 1 N–H and O–H groups in total. The number of halogens is 4. The highest BCUT2D eigenvalue weighted by Gasteiger charge is 2.15. The molecule has 0 aliphatic heterocycles. The van der Waals surface area contributed by atoms with Gasteiger partial charge in [-0.05, 0) is 24.3 Å². The number of nitrogens with zero attached hydrogens (tertiary/aromatic N) is 1. The fourth-order valence-electron chi connectivity index (χ4n) is 1.87. The molecule has 23 heavy (non-hydrogen) atoms. The van der Waals surface area contributed by atoms with Gasteiger partial charge in [-0.15, -0.1) is 0 Å². The first-order valence-electron chi connectivity index (χ1n) is 6.28. The van der Waals surface area contributed by atoms with Crippen molar-refractivity contribution < 1.29 is 14.7 Å². The Bertz CT molecular complexity index is 750. The molecule has 122 valence electrons. The van der Waals surface area contributed by atoms with E-state index in [9.17, 15) is 0 Å². The Morgan fingerprint density at radius 2 is 1.78 bits per heavy atom. The maximum Gasteiger partial charge on any atom is 0.180 e. The van der Waals surface area contributed by atoms with E-state index in [2.05, 4.69) is 5.16 Å². The molecular formula is C15H11Cl4NO3. The maximum atomic E-state index is 8.60. The molecule has 0 aliphatic carbocycles. The van der Waals surface area contributed by atoms with Gasteiger partial charge < -0.3 is 14.7 Å². The van der Waals surface area contributed by atoms with Crippen LogP contribution in [-0.2, 0) is 6.61 Å². The van der Waals surface area contributed by atoms with Crippen molar-refractivity contribution >= 4 is 52.6 Å². The summed E-state index contributed by atoms with van der Waals surface area (Å²) in [5.74, 6) is 0.693. The van der Waals surface area contributed by atoms with E-state index >= 15 is 0 Å². The highest BCUT2D eigenvalue weighted by atomic mass is 35.5. The fraction of sp³-hybridized carbons (Fsp3) is 0.133. The largest absolute Gasteiger partial charge is 0.493 e. The lowest BCUT2D eigenvalue weighted by Crippen LogP contribution is -2.01. The van der Waals surface area contributed by atoms with Crippen LogP contribution in [0.25, 0.3) is 0 Å². The van der Waals surface area contributed by atoms with Gasteiger partial charge in [0.1, 0.15) is 6.61 Å². The van der Waals surface area contributed by atoms with Crippen LogP contribution < -0.4 is 9.47 Å². The van der Waals surface area contributed by atoms with E-state index in [0.29, 0.717) is 37.7 Å². The summed E-state index contributed by atoms with van der Waals surface area (Å²) in [5, 5.41) is 13.0. The zero-order chi connectivity index (χ0) is 17.0. The Morgan fingerprint density at radius 3 is 2.43 bits per heavy atom. The smallest absolute Gasteiger partial charge is 0.180 e. The van der Waals surface area contributed by atoms with E-state index in [-0.39, 0.29) is 11.6 Å². The zero-order valence-corrected chi connectivity index (χ0v) is 14.8. The number of ether oxygens (including phenoxy) is 2. The number of hydrogen-bond donors (Lipinski definition) is 1. The summed E-state index contributed by atoms with van der Waals surface area (Å²) in [5.41, 5.74) is 1.10. The topological polar surface area (TPSA) is 51.0 Å². The van der Waals surface area contributed by atoms with E-state index < -0.39 is 0 Å². The van der Waals surface area contributed by atoms with Crippen molar-refractivity contribution in [2.24, 2.45) is 5.16 Å². The molecule has 0 bridgehead atoms. The number of methoxy groups -OCH3 is 1. The first-order chi connectivity index (χ1) is 11.0. The lowest BCUT2D eigenvalue weighted by molar-refractivity contribution is 0.285. The first kappa shape index (κ1) is 18.0. The van der Waals surface area contributed by atoms with Crippen molar-refractivity contribution in [3.8, 4) is 11.5 Å². The minimum absolute atomic E-state index is 0.0573. The van der Waals surface area contributed by atoms with E-state index in [1.807, 2.05) is 0 Å². The molecule has 8 heteroatoms. The predicted octanol–water partition coefficient (Wildman–Crippen LogP) is 5.70. The normalized spacial score (nSPS) is 11.0. The lowest BCUT2D eigenvalue weighted by Gasteiger charge is -2.15. The number of oxime groups is 1. The van der Waals surface area contributed by atoms with Crippen LogP contribution in [0.1, 0.15) is 11.1 Å². The molecule has 0 heterocycles. The summed E-state index contributed by atoms with van der Waals surface area (Å²) < 4.78 is 10.9. The standard InChI is InChI=1S/C15H11Cl4NO3/c1-22-13-5-8(6-20-21)4-12(18)15(13)23-7-9-10(16)2-3-11(17)14(9)19/h2-6,21H,7H2,1H3. The molecule has 0 spiro atoms. The Balaban J connectivity index is 2.33. The number of hydrogen-bond acceptors (Lipinski definition) is 4. The molecule has 0 atom stereocenters. The second-order valence-electron chi connectivity index (χ2n) is 4.39. The van der Waals surface area contributed by atoms with Gasteiger partial charge in [0.25, 0.3) is 0 Å². The van der Waals surface area contributed by atoms with Crippen LogP contribution in [0, 0.1) is 0 Å². The Hall–Kier alpha value is -1.33. The van der Waals surface area contributed by atoms with Crippen LogP contribution in [-0.4, -0.2) is 18.5 Å². The Kier molecular flexibility index (Phi) is 6.25. The van der Waals surface area contributed by atoms with E-state index in [0.717, 1.165) is 0 Å². The lowest BCUT2D eigenvalue weighted by atomic mass is 10.2. The molecule has 0 saturated heterocycles. The summed E-state index contributed by atoms with van der Waals surface area (Å²) >= 11 is 24.4. The molecule has 0 amide bonds. The summed E-state index contributed by atoms with van der Waals surface area (Å²) in [6, 6.07) is 6.42. The van der Waals surface area contributed by atoms with Crippen LogP contribution in [0.3, 0.4) is 0 Å². The summed E-state index contributed by atoms with van der Waals surface area (Å²) in [4.78, 5) is 0. The van der Waals surface area contributed by atoms with Gasteiger partial charge in [0, 0.05) is 16.1 Å². The molecule has 2 aromatic rings. The van der Waals surface area contributed by atoms with Crippen LogP contribution in [0.5, 0.6) is 11.5 Å². The van der Waals surface area contributed by atoms with Gasteiger partial charge in [0.15, 0.2) is 11.5 Å². The van der Waals surface area contributed by atoms with E-state index in [1.165, 1.54) is 13.3 Å². The quantitative estimate of drug-likeness (QED) is 0.306. The zero-order valence-electron chi connectivity index (χ0n) is 11.8. The average molecular weight is 395 g/mol. The Morgan fingerprint density at radius 1 is 1.09 bits per heavy atom. The first-order valence-corrected chi connectivity index (χ1v) is 7.79. The molecule has 2 rings (SSSR count). The van der Waals surface area contributed by atoms with Crippen LogP contribution >= 0.6 is 46.4 Å². The fourth-order valence-corrected chi connectivity index (χ4v) is 2.80. The second kappa shape index (κ2) is 7.97. The molecule has 0 aromatic heterocycles. The highest BCUT2D eigenvalue weighted by molar-refractivity contribution is 6.44. The molecule has 0 saturated carbocycles. The Labute approximate surface area is 153 Å². The third-order valence-electron chi connectivity index (χ3n) is 2.96. The molecule has 4 nitrogen and oxygen atoms in total. The third-order valence-corrected chi connectivity index (χ3v) is 4.44. The second-order valence-corrected chi connectivity index (χ2v) is 5.99. The van der Waals surface area contributed by atoms with Gasteiger partial charge >= 0.3 is 0 Å². The molecule has 0 unspecified atom stereocenters. The third kappa shape index (κ3) is 4.15. The molecule has 0 fully saturated rings. The van der Waals surface area contributed by atoms with Gasteiger partial charge in [-0.25, -0.2) is 0 Å². The van der Waals surface area contributed by atoms with Crippen molar-refractivity contribution in [2.75, 3.05) is 7.11 Å². The van der Waals surface area contributed by atoms with Gasteiger partial charge in [-0.1, -0.05) is 51.6 Å². The number of rotatable bonds is 5. The number of benzene rings is 2. The van der Waals surface area contributed by atoms with Gasteiger partial charge in [-0.3, -0.25) is 0 Å². The summed E-state index contributed by atoms with van der Waals surface area (Å²) in [6.45, 7) is 0.0573. The summed E-state index contributed by atoms with van der Waals surface area (Å²) in [6.07, 6.45) is 1.23. The van der Waals surface area contributed by atoms with Crippen molar-refractivity contribution in [3.63, 3.8) is 0 Å². The van der Waals surface area contributed by atoms with Crippen LogP contribution in [0.4, 0.5) is 0 Å². The maximum absolute atomic E-state index is 8.60. The summed E-state index contributed by atoms with van der Waals surface area (Å²) in [7, 11) is 1.47. The highest BCUT2D eigenvalue weighted by Crippen LogP contribution is 2.38. The van der Waals surface area contributed by atoms with E-state index in [4.69, 9.17) is 61.1 Å². The minimum atomic E-state index is 0.0573. The minimum Gasteiger partial charge on any atom is -0.493 e. The predicted molar refractivity (Wildman–Crippen MR) is 93.2 cm³/mol.